The summed E-state index contributed by atoms with van der Waals surface area (Å²) in [6.07, 6.45) is 11.9. The van der Waals surface area contributed by atoms with Gasteiger partial charge in [-0.1, -0.05) is 36.2 Å². The fourth-order valence-corrected chi connectivity index (χ4v) is 10.7. The Labute approximate surface area is 311 Å². The highest BCUT2D eigenvalue weighted by atomic mass is 35.5. The minimum atomic E-state index is -0.0465. The van der Waals surface area contributed by atoms with Gasteiger partial charge in [-0.05, 0) is 56.9 Å². The zero-order valence-electron chi connectivity index (χ0n) is 27.9. The summed E-state index contributed by atoms with van der Waals surface area (Å²) in [7, 11) is 1.99. The fraction of sp³-hybridized carbons (Fsp3) is 0.486. The van der Waals surface area contributed by atoms with Crippen molar-refractivity contribution < 1.29 is 26.6 Å². The highest BCUT2D eigenvalue weighted by Crippen LogP contribution is 2.46. The molecule has 5 heterocycles. The van der Waals surface area contributed by atoms with Crippen LogP contribution >= 0.6 is 46.5 Å². The van der Waals surface area contributed by atoms with E-state index in [1.165, 1.54) is 0 Å². The molecular formula is C35H44Cl2N6O3S3. The Kier molecular flexibility index (Phi) is 13.5. The number of benzene rings is 1. The van der Waals surface area contributed by atoms with Gasteiger partial charge in [0.2, 0.25) is 11.6 Å². The molecule has 0 saturated carbocycles. The SMILES string of the molecule is CCn1c(=O)/c(=C2\Sc3ccc(Cl)cc3N2C)s/c1=C\c1cccc[n+]1CCCCCCNC(=O)CCCC[C@@H]1SC[C@@H]2NC(=O)N[C@@H]21.[Cl-]. The molecule has 49 heavy (non-hydrogen) atoms. The molecule has 1 aromatic carbocycles. The molecule has 3 aliphatic heterocycles. The molecule has 0 unspecified atom stereocenters. The van der Waals surface area contributed by atoms with Gasteiger partial charge in [0.05, 0.1) is 17.8 Å². The summed E-state index contributed by atoms with van der Waals surface area (Å²) in [6, 6.07) is 12.5. The van der Waals surface area contributed by atoms with E-state index < -0.39 is 0 Å². The van der Waals surface area contributed by atoms with Crippen molar-refractivity contribution in [1.29, 1.82) is 0 Å². The second-order valence-electron chi connectivity index (χ2n) is 12.5. The summed E-state index contributed by atoms with van der Waals surface area (Å²) in [5, 5.41) is 11.2. The number of halogens is 2. The van der Waals surface area contributed by atoms with Crippen molar-refractivity contribution in [2.24, 2.45) is 0 Å². The van der Waals surface area contributed by atoms with Crippen LogP contribution in [0.2, 0.25) is 5.02 Å². The van der Waals surface area contributed by atoms with E-state index in [1.54, 1.807) is 23.1 Å². The molecular weight excluding hydrogens is 720 g/mol. The molecule has 3 amide bonds. The monoisotopic (exact) mass is 762 g/mol. The highest BCUT2D eigenvalue weighted by molar-refractivity contribution is 8.08. The van der Waals surface area contributed by atoms with Crippen LogP contribution in [-0.4, -0.2) is 53.2 Å². The van der Waals surface area contributed by atoms with E-state index in [1.807, 2.05) is 54.6 Å². The largest absolute Gasteiger partial charge is 1.00 e. The van der Waals surface area contributed by atoms with Crippen LogP contribution in [0.4, 0.5) is 10.5 Å². The third-order valence-corrected chi connectivity index (χ3v) is 13.4. The summed E-state index contributed by atoms with van der Waals surface area (Å²) in [6.45, 7) is 4.23. The molecule has 9 nitrogen and oxygen atoms in total. The number of aromatic nitrogens is 2. The highest BCUT2D eigenvalue weighted by Gasteiger charge is 2.42. The van der Waals surface area contributed by atoms with E-state index in [0.717, 1.165) is 94.3 Å². The first kappa shape index (κ1) is 37.6. The van der Waals surface area contributed by atoms with Crippen LogP contribution in [0.3, 0.4) is 0 Å². The van der Waals surface area contributed by atoms with Gasteiger partial charge in [0.25, 0.3) is 5.56 Å². The van der Waals surface area contributed by atoms with E-state index in [0.29, 0.717) is 23.2 Å². The number of anilines is 1. The van der Waals surface area contributed by atoms with E-state index in [-0.39, 0.29) is 42.0 Å². The topological polar surface area (TPSA) is 99.3 Å². The van der Waals surface area contributed by atoms with Crippen LogP contribution < -0.4 is 52.6 Å². The summed E-state index contributed by atoms with van der Waals surface area (Å²) in [5.74, 6) is 1.11. The van der Waals surface area contributed by atoms with Gasteiger partial charge >= 0.3 is 6.03 Å². The number of fused-ring (bicyclic) bond motifs is 2. The summed E-state index contributed by atoms with van der Waals surface area (Å²) >= 11 is 11.3. The molecule has 3 aliphatic rings. The van der Waals surface area contributed by atoms with Crippen LogP contribution in [0.15, 0.2) is 52.3 Å². The van der Waals surface area contributed by atoms with Crippen LogP contribution in [-0.2, 0) is 17.9 Å². The van der Waals surface area contributed by atoms with Gasteiger partial charge in [0.1, 0.15) is 20.8 Å². The fourth-order valence-electron chi connectivity index (χ4n) is 6.59. The maximum absolute atomic E-state index is 13.6. The van der Waals surface area contributed by atoms with E-state index in [2.05, 4.69) is 49.8 Å². The number of urea groups is 1. The lowest BCUT2D eigenvalue weighted by Crippen LogP contribution is -3.00. The van der Waals surface area contributed by atoms with Gasteiger partial charge in [-0.25, -0.2) is 4.79 Å². The van der Waals surface area contributed by atoms with Crippen molar-refractivity contribution >= 4 is 75.2 Å². The van der Waals surface area contributed by atoms with Gasteiger partial charge in [-0.2, -0.15) is 16.3 Å². The number of nitrogens with zero attached hydrogens (tertiary/aromatic N) is 3. The molecule has 0 radical (unpaired) electrons. The molecule has 14 heteroatoms. The van der Waals surface area contributed by atoms with Crippen molar-refractivity contribution in [3.63, 3.8) is 0 Å². The Bertz CT molecular complexity index is 1830. The zero-order chi connectivity index (χ0) is 33.6. The average Bonchev–Trinajstić information content (AvgIpc) is 3.81. The quantitative estimate of drug-likeness (QED) is 0.131. The van der Waals surface area contributed by atoms with Crippen molar-refractivity contribution in [3.8, 4) is 0 Å². The molecule has 264 valence electrons. The number of carbonyl (C=O) groups excluding carboxylic acids is 2. The van der Waals surface area contributed by atoms with Crippen LogP contribution in [0, 0.1) is 0 Å². The molecule has 2 aromatic heterocycles. The van der Waals surface area contributed by atoms with Gasteiger partial charge < -0.3 is 33.3 Å². The number of nitrogens with one attached hydrogen (secondary N) is 3. The smallest absolute Gasteiger partial charge is 0.315 e. The van der Waals surface area contributed by atoms with Crippen LogP contribution in [0.5, 0.6) is 0 Å². The number of aryl methyl sites for hydroxylation is 1. The third kappa shape index (κ3) is 9.00. The third-order valence-electron chi connectivity index (χ3n) is 9.19. The Hall–Kier alpha value is -2.64. The lowest BCUT2D eigenvalue weighted by molar-refractivity contribution is -0.699. The summed E-state index contributed by atoms with van der Waals surface area (Å²) in [5.41, 5.74) is 2.13. The van der Waals surface area contributed by atoms with Gasteiger partial charge in [0, 0.05) is 72.1 Å². The van der Waals surface area contributed by atoms with Gasteiger partial charge in [0.15, 0.2) is 6.20 Å². The molecule has 2 saturated heterocycles. The minimum Gasteiger partial charge on any atom is -1.00 e. The average molecular weight is 764 g/mol. The van der Waals surface area contributed by atoms with Crippen molar-refractivity contribution in [2.45, 2.75) is 93.6 Å². The van der Waals surface area contributed by atoms with E-state index in [9.17, 15) is 14.4 Å². The van der Waals surface area contributed by atoms with Crippen LogP contribution in [0.1, 0.15) is 64.0 Å². The maximum Gasteiger partial charge on any atom is 0.315 e. The Morgan fingerprint density at radius 2 is 1.94 bits per heavy atom. The number of unbranched alkanes of at least 4 members (excludes halogenated alkanes) is 4. The first-order valence-electron chi connectivity index (χ1n) is 16.9. The first-order valence-corrected chi connectivity index (χ1v) is 20.0. The predicted molar refractivity (Wildman–Crippen MR) is 198 cm³/mol. The first-order chi connectivity index (χ1) is 23.3. The lowest BCUT2D eigenvalue weighted by atomic mass is 10.0. The standard InChI is InChI=1S/C35H43ClN6O3S3.ClH/c1-3-42-30(48-32(33(42)44)34-40(2)26-20-23(36)15-16-27(26)47-34)21-24-12-8-11-19-41(24)18-10-5-4-9-17-37-29(43)14-7-6-13-28-31-25(22-46-28)38-35(45)39-31;/h8,11-12,15-16,19-21,25,28,31H,3-7,9-10,13-14,17-18,22H2,1-2H3,(H2-,37,38,39,43,45);1H/b34-32+;/t25-,28-,31-;/m0./s1. The number of rotatable bonds is 14. The second kappa shape index (κ2) is 17.5. The summed E-state index contributed by atoms with van der Waals surface area (Å²) in [4.78, 5) is 40.6. The summed E-state index contributed by atoms with van der Waals surface area (Å²) < 4.78 is 5.81. The Balaban J connectivity index is 0.00000468. The molecule has 6 rings (SSSR count). The molecule has 3 aromatic rings. The minimum absolute atomic E-state index is 0. The van der Waals surface area contributed by atoms with Crippen molar-refractivity contribution in [2.75, 3.05) is 24.2 Å². The lowest BCUT2D eigenvalue weighted by Gasteiger charge is -2.16. The van der Waals surface area contributed by atoms with E-state index >= 15 is 0 Å². The number of thiazole rings is 1. The van der Waals surface area contributed by atoms with E-state index in [4.69, 9.17) is 11.6 Å². The zero-order valence-corrected chi connectivity index (χ0v) is 31.8. The second-order valence-corrected chi connectivity index (χ2v) is 16.3. The predicted octanol–water partition coefficient (Wildman–Crippen LogP) is 1.41. The van der Waals surface area contributed by atoms with Crippen LogP contribution in [0.25, 0.3) is 11.1 Å². The van der Waals surface area contributed by atoms with Crippen molar-refractivity contribution in [1.82, 2.24) is 20.5 Å². The van der Waals surface area contributed by atoms with Gasteiger partial charge in [-0.3, -0.25) is 14.2 Å². The number of hydrogen-bond donors (Lipinski definition) is 3. The number of thioether (sulfide) groups is 2. The Morgan fingerprint density at radius 3 is 2.78 bits per heavy atom. The number of amides is 3. The van der Waals surface area contributed by atoms with Gasteiger partial charge in [-0.15, -0.1) is 11.3 Å². The molecule has 3 atom stereocenters. The molecule has 0 aliphatic carbocycles. The maximum atomic E-state index is 13.6. The van der Waals surface area contributed by atoms with Crippen molar-refractivity contribution in [3.05, 3.63) is 72.9 Å². The Morgan fingerprint density at radius 1 is 1.10 bits per heavy atom. The molecule has 0 bridgehead atoms. The number of carbonyl (C=O) groups is 2. The number of hydrogen-bond acceptors (Lipinski definition) is 7. The molecule has 3 N–H and O–H groups in total. The molecule has 0 spiro atoms. The number of pyridine rings is 1. The normalized spacial score (nSPS) is 20.9. The molecule has 2 fully saturated rings.